The van der Waals surface area contributed by atoms with E-state index in [1.807, 2.05) is 0 Å². The number of nitrogens with one attached hydrogen (secondary N) is 4. The normalized spacial score (nSPS) is 24.9. The first-order valence-electron chi connectivity index (χ1n) is 5.77. The van der Waals surface area contributed by atoms with Gasteiger partial charge in [-0.05, 0) is 12.8 Å². The van der Waals surface area contributed by atoms with E-state index in [1.54, 1.807) is 0 Å². The average molecular weight is 226 g/mol. The van der Waals surface area contributed by atoms with Crippen LogP contribution >= 0.6 is 0 Å². The van der Waals surface area contributed by atoms with Crippen molar-refractivity contribution in [1.29, 1.82) is 0 Å². The smallest absolute Gasteiger partial charge is 0.239 e. The lowest BCUT2D eigenvalue weighted by molar-refractivity contribution is -0.127. The van der Waals surface area contributed by atoms with Crippen LogP contribution in [0.4, 0.5) is 0 Å². The second-order valence-corrected chi connectivity index (χ2v) is 4.27. The predicted octanol–water partition coefficient (Wildman–Crippen LogP) is -2.06. The van der Waals surface area contributed by atoms with Gasteiger partial charge in [-0.25, -0.2) is 0 Å². The zero-order valence-electron chi connectivity index (χ0n) is 9.21. The maximum absolute atomic E-state index is 11.6. The highest BCUT2D eigenvalue weighted by Gasteiger charge is 2.24. The monoisotopic (exact) mass is 226 g/mol. The summed E-state index contributed by atoms with van der Waals surface area (Å²) in [7, 11) is 0. The maximum Gasteiger partial charge on any atom is 0.239 e. The molecule has 2 aliphatic rings. The molecule has 2 rings (SSSR count). The van der Waals surface area contributed by atoms with Crippen LogP contribution in [-0.2, 0) is 9.59 Å². The molecule has 16 heavy (non-hydrogen) atoms. The summed E-state index contributed by atoms with van der Waals surface area (Å²) in [4.78, 5) is 22.9. The van der Waals surface area contributed by atoms with Crippen molar-refractivity contribution in [2.24, 2.45) is 0 Å². The Labute approximate surface area is 94.5 Å². The molecule has 2 amide bonds. The molecule has 6 nitrogen and oxygen atoms in total. The molecule has 2 fully saturated rings. The lowest BCUT2D eigenvalue weighted by Gasteiger charge is -2.23. The van der Waals surface area contributed by atoms with Crippen molar-refractivity contribution >= 4 is 11.8 Å². The van der Waals surface area contributed by atoms with Crippen LogP contribution in [0.25, 0.3) is 0 Å². The van der Waals surface area contributed by atoms with Crippen molar-refractivity contribution in [1.82, 2.24) is 21.3 Å². The van der Waals surface area contributed by atoms with Crippen LogP contribution in [0.3, 0.4) is 0 Å². The third kappa shape index (κ3) is 3.46. The summed E-state index contributed by atoms with van der Waals surface area (Å²) in [5.41, 5.74) is 0. The molecule has 0 aromatic heterocycles. The highest BCUT2D eigenvalue weighted by atomic mass is 16.2. The standard InChI is InChI=1S/C10H18N4O2/c15-9(14-7-1-2-7)6-13-10(16)8-5-11-3-4-12-8/h7-8,11-12H,1-6H2,(H,13,16)(H,14,15). The predicted molar refractivity (Wildman–Crippen MR) is 58.8 cm³/mol. The Morgan fingerprint density at radius 2 is 2.06 bits per heavy atom. The van der Waals surface area contributed by atoms with Crippen molar-refractivity contribution in [2.75, 3.05) is 26.2 Å². The van der Waals surface area contributed by atoms with Crippen LogP contribution in [0.15, 0.2) is 0 Å². The van der Waals surface area contributed by atoms with Gasteiger partial charge in [0.2, 0.25) is 11.8 Å². The zero-order valence-corrected chi connectivity index (χ0v) is 9.21. The second kappa shape index (κ2) is 5.27. The number of rotatable bonds is 4. The minimum absolute atomic E-state index is 0.0769. The van der Waals surface area contributed by atoms with Crippen LogP contribution in [0.5, 0.6) is 0 Å². The molecule has 0 aromatic carbocycles. The first kappa shape index (κ1) is 11.3. The average Bonchev–Trinajstić information content (AvgIpc) is 3.11. The summed E-state index contributed by atoms with van der Waals surface area (Å²) in [5.74, 6) is -0.210. The van der Waals surface area contributed by atoms with E-state index in [9.17, 15) is 9.59 Å². The quantitative estimate of drug-likeness (QED) is 0.444. The Morgan fingerprint density at radius 3 is 2.69 bits per heavy atom. The highest BCUT2D eigenvalue weighted by molar-refractivity contribution is 5.87. The Hall–Kier alpha value is -1.14. The molecule has 1 aliphatic heterocycles. The lowest BCUT2D eigenvalue weighted by Crippen LogP contribution is -2.56. The van der Waals surface area contributed by atoms with Gasteiger partial charge in [0.1, 0.15) is 0 Å². The van der Waals surface area contributed by atoms with Crippen molar-refractivity contribution in [3.05, 3.63) is 0 Å². The number of carbonyl (C=O) groups is 2. The van der Waals surface area contributed by atoms with Crippen molar-refractivity contribution in [3.63, 3.8) is 0 Å². The minimum Gasteiger partial charge on any atom is -0.352 e. The largest absolute Gasteiger partial charge is 0.352 e. The SMILES string of the molecule is O=C(CNC(=O)C1CNCCN1)NC1CC1. The topological polar surface area (TPSA) is 82.3 Å². The molecule has 0 bridgehead atoms. The van der Waals surface area contributed by atoms with E-state index in [0.29, 0.717) is 12.6 Å². The van der Waals surface area contributed by atoms with E-state index < -0.39 is 0 Å². The lowest BCUT2D eigenvalue weighted by atomic mass is 10.2. The Morgan fingerprint density at radius 1 is 1.25 bits per heavy atom. The molecule has 1 aliphatic carbocycles. The summed E-state index contributed by atoms with van der Waals surface area (Å²) in [6.45, 7) is 2.36. The molecule has 0 aromatic rings. The van der Waals surface area contributed by atoms with Gasteiger partial charge in [0.05, 0.1) is 12.6 Å². The van der Waals surface area contributed by atoms with E-state index >= 15 is 0 Å². The fourth-order valence-electron chi connectivity index (χ4n) is 1.64. The molecule has 1 saturated carbocycles. The second-order valence-electron chi connectivity index (χ2n) is 4.27. The minimum atomic E-state index is -0.220. The molecule has 4 N–H and O–H groups in total. The number of hydrogen-bond acceptors (Lipinski definition) is 4. The molecular weight excluding hydrogens is 208 g/mol. The van der Waals surface area contributed by atoms with Crippen molar-refractivity contribution < 1.29 is 9.59 Å². The molecule has 0 spiro atoms. The summed E-state index contributed by atoms with van der Waals surface area (Å²) in [6.07, 6.45) is 2.13. The number of piperazine rings is 1. The van der Waals surface area contributed by atoms with Gasteiger partial charge in [-0.3, -0.25) is 9.59 Å². The van der Waals surface area contributed by atoms with E-state index in [1.165, 1.54) is 0 Å². The van der Waals surface area contributed by atoms with Gasteiger partial charge in [-0.1, -0.05) is 0 Å². The van der Waals surface area contributed by atoms with Crippen molar-refractivity contribution in [2.45, 2.75) is 24.9 Å². The van der Waals surface area contributed by atoms with Crippen LogP contribution < -0.4 is 21.3 Å². The molecule has 1 saturated heterocycles. The maximum atomic E-state index is 11.6. The van der Waals surface area contributed by atoms with Crippen LogP contribution in [0.2, 0.25) is 0 Å². The molecule has 0 radical (unpaired) electrons. The number of hydrogen-bond donors (Lipinski definition) is 4. The molecule has 1 unspecified atom stereocenters. The fraction of sp³-hybridized carbons (Fsp3) is 0.800. The summed E-state index contributed by atoms with van der Waals surface area (Å²) >= 11 is 0. The molecular formula is C10H18N4O2. The molecule has 1 heterocycles. The van der Waals surface area contributed by atoms with E-state index in [-0.39, 0.29) is 24.4 Å². The van der Waals surface area contributed by atoms with E-state index in [0.717, 1.165) is 25.9 Å². The van der Waals surface area contributed by atoms with Gasteiger partial charge < -0.3 is 21.3 Å². The van der Waals surface area contributed by atoms with Gasteiger partial charge in [-0.2, -0.15) is 0 Å². The molecule has 6 heteroatoms. The zero-order chi connectivity index (χ0) is 11.4. The Bertz CT molecular complexity index is 272. The summed E-state index contributed by atoms with van der Waals surface area (Å²) in [6, 6.07) is 0.126. The van der Waals surface area contributed by atoms with E-state index in [2.05, 4.69) is 21.3 Å². The van der Waals surface area contributed by atoms with Gasteiger partial charge >= 0.3 is 0 Å². The highest BCUT2D eigenvalue weighted by Crippen LogP contribution is 2.18. The Balaban J connectivity index is 1.63. The first-order valence-corrected chi connectivity index (χ1v) is 5.77. The van der Waals surface area contributed by atoms with Crippen molar-refractivity contribution in [3.8, 4) is 0 Å². The van der Waals surface area contributed by atoms with Gasteiger partial charge in [0, 0.05) is 25.7 Å². The third-order valence-electron chi connectivity index (χ3n) is 2.72. The Kier molecular flexibility index (Phi) is 3.74. The van der Waals surface area contributed by atoms with Gasteiger partial charge in [-0.15, -0.1) is 0 Å². The van der Waals surface area contributed by atoms with Crippen LogP contribution in [0.1, 0.15) is 12.8 Å². The summed E-state index contributed by atoms with van der Waals surface area (Å²) < 4.78 is 0. The molecule has 90 valence electrons. The van der Waals surface area contributed by atoms with Gasteiger partial charge in [0.25, 0.3) is 0 Å². The van der Waals surface area contributed by atoms with Gasteiger partial charge in [0.15, 0.2) is 0 Å². The number of amides is 2. The molecule has 1 atom stereocenters. The van der Waals surface area contributed by atoms with E-state index in [4.69, 9.17) is 0 Å². The first-order chi connectivity index (χ1) is 7.75. The third-order valence-corrected chi connectivity index (χ3v) is 2.72. The van der Waals surface area contributed by atoms with Crippen LogP contribution in [-0.4, -0.2) is 50.1 Å². The number of carbonyl (C=O) groups excluding carboxylic acids is 2. The summed E-state index contributed by atoms with van der Waals surface area (Å²) in [5, 5.41) is 11.7. The fourth-order valence-corrected chi connectivity index (χ4v) is 1.64. The van der Waals surface area contributed by atoms with Crippen LogP contribution in [0, 0.1) is 0 Å².